The number of allylic oxidation sites excluding steroid dienone is 1. The van der Waals surface area contributed by atoms with E-state index in [9.17, 15) is 14.4 Å². The summed E-state index contributed by atoms with van der Waals surface area (Å²) in [6, 6.07) is 7.37. The highest BCUT2D eigenvalue weighted by Gasteiger charge is 2.43. The fourth-order valence-corrected chi connectivity index (χ4v) is 3.75. The van der Waals surface area contributed by atoms with Gasteiger partial charge in [-0.1, -0.05) is 11.6 Å². The molecule has 2 atom stereocenters. The first-order valence-electron chi connectivity index (χ1n) is 8.84. The van der Waals surface area contributed by atoms with E-state index in [1.165, 1.54) is 14.2 Å². The number of pyridine rings is 1. The Kier molecular flexibility index (Phi) is 5.18. The number of carbonyl (C=O) groups is 2. The van der Waals surface area contributed by atoms with Crippen LogP contribution in [0.3, 0.4) is 0 Å². The van der Waals surface area contributed by atoms with E-state index in [0.29, 0.717) is 22.5 Å². The lowest BCUT2D eigenvalue weighted by atomic mass is 9.75. The lowest BCUT2D eigenvalue weighted by Crippen LogP contribution is -2.38. The molecule has 2 unspecified atom stereocenters. The number of nitrogens with zero attached hydrogens (tertiary/aromatic N) is 1. The number of benzene rings is 1. The van der Waals surface area contributed by atoms with Gasteiger partial charge in [-0.05, 0) is 44.4 Å². The molecule has 0 saturated heterocycles. The van der Waals surface area contributed by atoms with E-state index in [1.54, 1.807) is 19.9 Å². The fraction of sp³-hybridized carbons (Fsp3) is 0.333. The number of aromatic amines is 1. The van der Waals surface area contributed by atoms with Gasteiger partial charge >= 0.3 is 11.9 Å². The summed E-state index contributed by atoms with van der Waals surface area (Å²) in [7, 11) is 2.52. The molecule has 0 aliphatic carbocycles. The number of aromatic nitrogens is 1. The summed E-state index contributed by atoms with van der Waals surface area (Å²) in [5, 5.41) is 0.806. The molecule has 1 aliphatic rings. The number of hydrogen-bond donors (Lipinski definition) is 1. The van der Waals surface area contributed by atoms with Crippen molar-refractivity contribution in [2.24, 2.45) is 10.9 Å². The van der Waals surface area contributed by atoms with Crippen molar-refractivity contribution in [3.8, 4) is 0 Å². The Labute approximate surface area is 162 Å². The first-order chi connectivity index (χ1) is 13.3. The Balaban J connectivity index is 2.33. The van der Waals surface area contributed by atoms with Gasteiger partial charge in [0.1, 0.15) is 5.92 Å². The maximum atomic E-state index is 12.9. The van der Waals surface area contributed by atoms with Crippen LogP contribution >= 0.6 is 0 Å². The summed E-state index contributed by atoms with van der Waals surface area (Å²) < 4.78 is 9.87. The number of aliphatic imine (C=N–C) groups is 1. The molecule has 0 saturated carbocycles. The number of esters is 2. The van der Waals surface area contributed by atoms with Crippen molar-refractivity contribution in [2.75, 3.05) is 14.2 Å². The Morgan fingerprint density at radius 3 is 2.43 bits per heavy atom. The van der Waals surface area contributed by atoms with Gasteiger partial charge in [-0.3, -0.25) is 14.6 Å². The largest absolute Gasteiger partial charge is 0.468 e. The first kappa shape index (κ1) is 19.5. The Morgan fingerprint density at radius 1 is 1.07 bits per heavy atom. The predicted molar refractivity (Wildman–Crippen MR) is 105 cm³/mol. The summed E-state index contributed by atoms with van der Waals surface area (Å²) in [5.41, 5.74) is 2.69. The van der Waals surface area contributed by atoms with E-state index in [0.717, 1.165) is 10.9 Å². The van der Waals surface area contributed by atoms with Crippen LogP contribution < -0.4 is 5.56 Å². The molecule has 1 N–H and O–H groups in total. The molecule has 0 fully saturated rings. The minimum absolute atomic E-state index is 0.181. The Hall–Kier alpha value is -3.22. The zero-order valence-electron chi connectivity index (χ0n) is 16.5. The third-order valence-electron chi connectivity index (χ3n) is 5.05. The maximum Gasteiger partial charge on any atom is 0.336 e. The number of H-pyrrole nitrogens is 1. The molecule has 7 nitrogen and oxygen atoms in total. The number of aryl methyl sites for hydroxylation is 1. The highest BCUT2D eigenvalue weighted by atomic mass is 16.5. The second-order valence-corrected chi connectivity index (χ2v) is 6.87. The molecule has 0 radical (unpaired) electrons. The number of fused-ring (bicyclic) bond motifs is 1. The molecule has 2 aromatic rings. The van der Waals surface area contributed by atoms with Gasteiger partial charge in [0.2, 0.25) is 0 Å². The Bertz CT molecular complexity index is 1090. The first-order valence-corrected chi connectivity index (χ1v) is 8.84. The molecule has 1 aliphatic heterocycles. The third kappa shape index (κ3) is 3.24. The number of hydrogen-bond acceptors (Lipinski definition) is 6. The minimum Gasteiger partial charge on any atom is -0.468 e. The molecular formula is C21H22N2O5. The lowest BCUT2D eigenvalue weighted by Gasteiger charge is -2.30. The highest BCUT2D eigenvalue weighted by Crippen LogP contribution is 2.39. The van der Waals surface area contributed by atoms with Crippen molar-refractivity contribution in [1.82, 2.24) is 4.98 Å². The molecule has 28 heavy (non-hydrogen) atoms. The Morgan fingerprint density at radius 2 is 1.79 bits per heavy atom. The second-order valence-electron chi connectivity index (χ2n) is 6.87. The number of nitrogens with one attached hydrogen (secondary N) is 1. The number of methoxy groups -OCH3 is 2. The van der Waals surface area contributed by atoms with Gasteiger partial charge in [0.25, 0.3) is 5.56 Å². The predicted octanol–water partition coefficient (Wildman–Crippen LogP) is 2.63. The normalized spacial score (nSPS) is 19.4. The van der Waals surface area contributed by atoms with Crippen molar-refractivity contribution in [1.29, 1.82) is 0 Å². The summed E-state index contributed by atoms with van der Waals surface area (Å²) in [6.07, 6.45) is 0. The van der Waals surface area contributed by atoms with Crippen LogP contribution in [0.25, 0.3) is 10.9 Å². The van der Waals surface area contributed by atoms with Crippen LogP contribution in [0, 0.1) is 12.8 Å². The van der Waals surface area contributed by atoms with Crippen LogP contribution in [-0.4, -0.2) is 36.9 Å². The molecular weight excluding hydrogens is 360 g/mol. The van der Waals surface area contributed by atoms with Crippen LogP contribution in [0.4, 0.5) is 0 Å². The average molecular weight is 382 g/mol. The van der Waals surface area contributed by atoms with Gasteiger partial charge in [0, 0.05) is 28.4 Å². The van der Waals surface area contributed by atoms with Gasteiger partial charge in [0.15, 0.2) is 0 Å². The molecule has 1 aromatic heterocycles. The number of rotatable bonds is 3. The zero-order chi connectivity index (χ0) is 20.6. The van der Waals surface area contributed by atoms with Crippen LogP contribution in [-0.2, 0) is 19.1 Å². The average Bonchev–Trinajstić information content (AvgIpc) is 2.66. The molecule has 0 amide bonds. The van der Waals surface area contributed by atoms with Gasteiger partial charge in [-0.2, -0.15) is 0 Å². The smallest absolute Gasteiger partial charge is 0.336 e. The van der Waals surface area contributed by atoms with Crippen LogP contribution in [0.1, 0.15) is 30.9 Å². The highest BCUT2D eigenvalue weighted by molar-refractivity contribution is 6.07. The monoisotopic (exact) mass is 382 g/mol. The molecule has 0 bridgehead atoms. The van der Waals surface area contributed by atoms with Gasteiger partial charge in [0.05, 0.1) is 19.8 Å². The van der Waals surface area contributed by atoms with Crippen molar-refractivity contribution in [3.63, 3.8) is 0 Å². The maximum absolute atomic E-state index is 12.9. The quantitative estimate of drug-likeness (QED) is 0.823. The molecule has 1 aromatic carbocycles. The molecule has 3 rings (SSSR count). The van der Waals surface area contributed by atoms with Gasteiger partial charge in [-0.15, -0.1) is 0 Å². The van der Waals surface area contributed by atoms with Crippen molar-refractivity contribution in [2.45, 2.75) is 26.7 Å². The fourth-order valence-electron chi connectivity index (χ4n) is 3.75. The zero-order valence-corrected chi connectivity index (χ0v) is 16.5. The minimum atomic E-state index is -0.897. The third-order valence-corrected chi connectivity index (χ3v) is 5.05. The van der Waals surface area contributed by atoms with E-state index in [2.05, 4.69) is 9.98 Å². The van der Waals surface area contributed by atoms with E-state index < -0.39 is 23.8 Å². The van der Waals surface area contributed by atoms with Gasteiger partial charge in [-0.25, -0.2) is 4.79 Å². The molecule has 7 heteroatoms. The van der Waals surface area contributed by atoms with Gasteiger partial charge < -0.3 is 14.5 Å². The summed E-state index contributed by atoms with van der Waals surface area (Å²) in [5.74, 6) is -2.95. The van der Waals surface area contributed by atoms with E-state index in [-0.39, 0.29) is 11.1 Å². The van der Waals surface area contributed by atoms with Crippen molar-refractivity contribution in [3.05, 3.63) is 57.0 Å². The van der Waals surface area contributed by atoms with E-state index in [4.69, 9.17) is 9.47 Å². The van der Waals surface area contributed by atoms with Crippen molar-refractivity contribution < 1.29 is 19.1 Å². The molecule has 146 valence electrons. The second kappa shape index (κ2) is 7.42. The van der Waals surface area contributed by atoms with E-state index in [1.807, 2.05) is 25.1 Å². The standard InChI is InChI=1S/C21H22N2O5/c1-10-6-7-15-13(8-10)9-14(19(24)23-15)18-16(20(25)27-4)11(2)22-12(3)17(18)21(26)28-5/h6-9,16,18H,1-5H3,(H,23,24). The van der Waals surface area contributed by atoms with E-state index >= 15 is 0 Å². The summed E-state index contributed by atoms with van der Waals surface area (Å²) >= 11 is 0. The van der Waals surface area contributed by atoms with Crippen LogP contribution in [0.15, 0.2) is 45.3 Å². The molecule has 0 spiro atoms. The summed E-state index contributed by atoms with van der Waals surface area (Å²) in [6.45, 7) is 5.30. The topological polar surface area (TPSA) is 97.8 Å². The van der Waals surface area contributed by atoms with Crippen molar-refractivity contribution >= 4 is 28.6 Å². The van der Waals surface area contributed by atoms with Crippen LogP contribution in [0.2, 0.25) is 0 Å². The summed E-state index contributed by atoms with van der Waals surface area (Å²) in [4.78, 5) is 45.2. The van der Waals surface area contributed by atoms with Crippen LogP contribution in [0.5, 0.6) is 0 Å². The molecule has 2 heterocycles. The number of ether oxygens (including phenoxy) is 2. The SMILES string of the molecule is COC(=O)C1=C(C)N=C(C)C(C(=O)OC)C1c1cc2cc(C)ccc2[nH]c1=O. The lowest BCUT2D eigenvalue weighted by molar-refractivity contribution is -0.143. The number of carbonyl (C=O) groups excluding carboxylic acids is 2.